The Balaban J connectivity index is 1.34. The molecule has 2 aromatic heterocycles. The number of hydrogen-bond donors (Lipinski definition) is 1. The van der Waals surface area contributed by atoms with Crippen LogP contribution in [0.25, 0.3) is 11.2 Å². The molecular weight excluding hydrogens is 573 g/mol. The molecule has 184 valence electrons. The predicted molar refractivity (Wildman–Crippen MR) is 141 cm³/mol. The standard InChI is InChI=1S/C26H24IN5O4/c27-22-21-23(31-26(28)30-22)32(15-29-21)20-11-18(13-35-24(33)16-7-3-1-4-8-16)19(12-20)14-36-25(34)17-9-5-2-6-10-17/h1-10,15,18-20H,11-14H2,(H2,28,30,31). The molecule has 2 aromatic carbocycles. The summed E-state index contributed by atoms with van der Waals surface area (Å²) in [6.45, 7) is 0.443. The van der Waals surface area contributed by atoms with Gasteiger partial charge in [-0.2, -0.15) is 4.98 Å². The fourth-order valence-corrected chi connectivity index (χ4v) is 5.29. The minimum Gasteiger partial charge on any atom is -0.462 e. The molecule has 2 heterocycles. The van der Waals surface area contributed by atoms with Crippen LogP contribution in [0.2, 0.25) is 0 Å². The lowest BCUT2D eigenvalue weighted by atomic mass is 9.98. The third-order valence-corrected chi connectivity index (χ3v) is 7.23. The van der Waals surface area contributed by atoms with Gasteiger partial charge in [0.1, 0.15) is 9.22 Å². The van der Waals surface area contributed by atoms with E-state index in [1.165, 1.54) is 0 Å². The average molecular weight is 597 g/mol. The largest absolute Gasteiger partial charge is 0.462 e. The van der Waals surface area contributed by atoms with Crippen LogP contribution >= 0.6 is 22.6 Å². The number of carbonyl (C=O) groups excluding carboxylic acids is 2. The third kappa shape index (κ3) is 5.18. The zero-order valence-electron chi connectivity index (χ0n) is 19.3. The van der Waals surface area contributed by atoms with E-state index in [1.54, 1.807) is 54.9 Å². The van der Waals surface area contributed by atoms with Crippen LogP contribution in [0, 0.1) is 15.5 Å². The first kappa shape index (κ1) is 24.2. The lowest BCUT2D eigenvalue weighted by Crippen LogP contribution is -2.22. The Morgan fingerprint density at radius 2 is 1.42 bits per heavy atom. The molecule has 0 radical (unpaired) electrons. The number of imidazole rings is 1. The zero-order valence-corrected chi connectivity index (χ0v) is 21.4. The number of fused-ring (bicyclic) bond motifs is 1. The van der Waals surface area contributed by atoms with Crippen molar-refractivity contribution in [1.29, 1.82) is 0 Å². The van der Waals surface area contributed by atoms with Crippen molar-refractivity contribution in [3.8, 4) is 0 Å². The van der Waals surface area contributed by atoms with Gasteiger partial charge in [-0.1, -0.05) is 36.4 Å². The van der Waals surface area contributed by atoms with E-state index in [2.05, 4.69) is 37.5 Å². The van der Waals surface area contributed by atoms with Gasteiger partial charge < -0.3 is 19.8 Å². The molecule has 2 unspecified atom stereocenters. The van der Waals surface area contributed by atoms with Crippen molar-refractivity contribution in [2.24, 2.45) is 11.8 Å². The second-order valence-electron chi connectivity index (χ2n) is 8.77. The minimum absolute atomic E-state index is 0.0121. The van der Waals surface area contributed by atoms with Crippen molar-refractivity contribution < 1.29 is 19.1 Å². The van der Waals surface area contributed by atoms with Crippen LogP contribution in [0.3, 0.4) is 0 Å². The van der Waals surface area contributed by atoms with Crippen molar-refractivity contribution >= 4 is 51.6 Å². The summed E-state index contributed by atoms with van der Waals surface area (Å²) in [7, 11) is 0. The van der Waals surface area contributed by atoms with Gasteiger partial charge in [0, 0.05) is 17.9 Å². The summed E-state index contributed by atoms with van der Waals surface area (Å²) < 4.78 is 14.0. The smallest absolute Gasteiger partial charge is 0.338 e. The first-order valence-corrected chi connectivity index (χ1v) is 12.7. The van der Waals surface area contributed by atoms with Crippen LogP contribution in [0.4, 0.5) is 5.95 Å². The molecule has 0 saturated heterocycles. The van der Waals surface area contributed by atoms with Crippen molar-refractivity contribution in [2.75, 3.05) is 18.9 Å². The summed E-state index contributed by atoms with van der Waals surface area (Å²) in [6.07, 6.45) is 3.17. The van der Waals surface area contributed by atoms with Crippen molar-refractivity contribution in [1.82, 2.24) is 19.5 Å². The van der Waals surface area contributed by atoms with E-state index in [0.29, 0.717) is 38.8 Å². The number of anilines is 1. The number of hydrogen-bond acceptors (Lipinski definition) is 8. The number of nitrogen functional groups attached to an aromatic ring is 1. The van der Waals surface area contributed by atoms with Crippen molar-refractivity contribution in [2.45, 2.75) is 18.9 Å². The minimum atomic E-state index is -0.373. The highest BCUT2D eigenvalue weighted by Crippen LogP contribution is 2.41. The zero-order chi connectivity index (χ0) is 25.1. The van der Waals surface area contributed by atoms with E-state index in [-0.39, 0.29) is 49.0 Å². The van der Waals surface area contributed by atoms with E-state index in [1.807, 2.05) is 16.7 Å². The van der Waals surface area contributed by atoms with Gasteiger partial charge in [-0.25, -0.2) is 19.6 Å². The predicted octanol–water partition coefficient (Wildman–Crippen LogP) is 4.29. The quantitative estimate of drug-likeness (QED) is 0.190. The Morgan fingerprint density at radius 3 is 1.94 bits per heavy atom. The molecule has 1 saturated carbocycles. The molecule has 10 heteroatoms. The van der Waals surface area contributed by atoms with Gasteiger partial charge in [0.2, 0.25) is 5.95 Å². The Morgan fingerprint density at radius 1 is 0.889 bits per heavy atom. The van der Waals surface area contributed by atoms with Crippen LogP contribution in [-0.2, 0) is 9.47 Å². The van der Waals surface area contributed by atoms with Crippen molar-refractivity contribution in [3.63, 3.8) is 0 Å². The van der Waals surface area contributed by atoms with E-state index < -0.39 is 0 Å². The van der Waals surface area contributed by atoms with E-state index >= 15 is 0 Å². The number of nitrogens with zero attached hydrogens (tertiary/aromatic N) is 4. The Hall–Kier alpha value is -3.54. The molecular formula is C26H24IN5O4. The van der Waals surface area contributed by atoms with Crippen LogP contribution < -0.4 is 5.73 Å². The maximum Gasteiger partial charge on any atom is 0.338 e. The normalized spacial score (nSPS) is 19.3. The van der Waals surface area contributed by atoms with Gasteiger partial charge in [0.05, 0.1) is 30.7 Å². The SMILES string of the molecule is Nc1nc(I)c2ncn(C3CC(COC(=O)c4ccccc4)C(COC(=O)c4ccccc4)C3)c2n1. The molecule has 5 rings (SSSR count). The van der Waals surface area contributed by atoms with E-state index in [0.717, 1.165) is 0 Å². The highest BCUT2D eigenvalue weighted by molar-refractivity contribution is 14.1. The number of carbonyl (C=O) groups is 2. The number of nitrogens with two attached hydrogens (primary N) is 1. The molecule has 1 fully saturated rings. The Labute approximate surface area is 221 Å². The second kappa shape index (κ2) is 10.6. The van der Waals surface area contributed by atoms with Crippen LogP contribution in [0.1, 0.15) is 39.6 Å². The average Bonchev–Trinajstić information content (AvgIpc) is 3.51. The van der Waals surface area contributed by atoms with Gasteiger partial charge >= 0.3 is 11.9 Å². The Kier molecular flexibility index (Phi) is 7.12. The molecule has 0 amide bonds. The first-order chi connectivity index (χ1) is 17.5. The van der Waals surface area contributed by atoms with Gasteiger partial charge in [-0.3, -0.25) is 0 Å². The lowest BCUT2D eigenvalue weighted by molar-refractivity contribution is 0.0268. The first-order valence-electron chi connectivity index (χ1n) is 11.6. The molecule has 0 aliphatic heterocycles. The molecule has 9 nitrogen and oxygen atoms in total. The summed E-state index contributed by atoms with van der Waals surface area (Å²) in [5.74, 6) is -0.582. The molecule has 2 N–H and O–H groups in total. The van der Waals surface area contributed by atoms with Crippen LogP contribution in [-0.4, -0.2) is 44.7 Å². The maximum absolute atomic E-state index is 12.6. The fourth-order valence-electron chi connectivity index (χ4n) is 4.66. The molecule has 1 aliphatic rings. The van der Waals surface area contributed by atoms with Gasteiger partial charge in [-0.15, -0.1) is 0 Å². The van der Waals surface area contributed by atoms with Gasteiger partial charge in [0.15, 0.2) is 5.65 Å². The number of ether oxygens (including phenoxy) is 2. The van der Waals surface area contributed by atoms with E-state index in [4.69, 9.17) is 15.2 Å². The maximum atomic E-state index is 12.6. The molecule has 36 heavy (non-hydrogen) atoms. The molecule has 1 aliphatic carbocycles. The number of benzene rings is 2. The molecule has 0 spiro atoms. The fraction of sp³-hybridized carbons (Fsp3) is 0.269. The number of rotatable bonds is 7. The summed E-state index contributed by atoms with van der Waals surface area (Å²) in [4.78, 5) is 38.2. The summed E-state index contributed by atoms with van der Waals surface area (Å²) in [5, 5.41) is 0. The highest BCUT2D eigenvalue weighted by atomic mass is 127. The monoisotopic (exact) mass is 597 g/mol. The van der Waals surface area contributed by atoms with E-state index in [9.17, 15) is 9.59 Å². The van der Waals surface area contributed by atoms with Crippen LogP contribution in [0.5, 0.6) is 0 Å². The number of halogens is 1. The second-order valence-corrected chi connectivity index (χ2v) is 9.79. The van der Waals surface area contributed by atoms with Crippen LogP contribution in [0.15, 0.2) is 67.0 Å². The third-order valence-electron chi connectivity index (χ3n) is 6.48. The van der Waals surface area contributed by atoms with Crippen molar-refractivity contribution in [3.05, 3.63) is 81.8 Å². The lowest BCUT2D eigenvalue weighted by Gasteiger charge is -2.19. The summed E-state index contributed by atoms with van der Waals surface area (Å²) in [6, 6.07) is 17.8. The molecule has 4 aromatic rings. The summed E-state index contributed by atoms with van der Waals surface area (Å²) >= 11 is 2.10. The summed E-state index contributed by atoms with van der Waals surface area (Å²) in [5.41, 5.74) is 8.25. The topological polar surface area (TPSA) is 122 Å². The Bertz CT molecular complexity index is 1320. The van der Waals surface area contributed by atoms with Gasteiger partial charge in [-0.05, 0) is 59.7 Å². The van der Waals surface area contributed by atoms with Gasteiger partial charge in [0.25, 0.3) is 0 Å². The number of esters is 2. The molecule has 0 bridgehead atoms. The highest BCUT2D eigenvalue weighted by Gasteiger charge is 2.38. The molecule has 2 atom stereocenters. The number of aromatic nitrogens is 4.